The lowest BCUT2D eigenvalue weighted by Gasteiger charge is -2.34. The van der Waals surface area contributed by atoms with Crippen LogP contribution in [-0.2, 0) is 20.6 Å². The number of aryl methyl sites for hydroxylation is 1. The lowest BCUT2D eigenvalue weighted by molar-refractivity contribution is -0.127. The third-order valence-electron chi connectivity index (χ3n) is 5.49. The molecule has 3 aromatic rings. The fraction of sp³-hybridized carbons (Fsp3) is 0.240. The monoisotopic (exact) mass is 516 g/mol. The fourth-order valence-corrected chi connectivity index (χ4v) is 6.15. The number of halogens is 1. The molecule has 34 heavy (non-hydrogen) atoms. The molecule has 0 spiro atoms. The number of amides is 1. The van der Waals surface area contributed by atoms with Crippen molar-refractivity contribution in [2.24, 2.45) is 0 Å². The van der Waals surface area contributed by atoms with Crippen molar-refractivity contribution in [3.63, 3.8) is 0 Å². The van der Waals surface area contributed by atoms with Crippen LogP contribution in [-0.4, -0.2) is 39.3 Å². The van der Waals surface area contributed by atoms with Gasteiger partial charge in [0.15, 0.2) is 6.10 Å². The molecule has 1 aliphatic heterocycles. The predicted octanol–water partition coefficient (Wildman–Crippen LogP) is 4.65. The number of ether oxygens (including phenoxy) is 1. The van der Waals surface area contributed by atoms with Crippen LogP contribution in [0.2, 0.25) is 5.02 Å². The van der Waals surface area contributed by atoms with Gasteiger partial charge in [0.2, 0.25) is 0 Å². The van der Waals surface area contributed by atoms with E-state index in [-0.39, 0.29) is 17.3 Å². The fourth-order valence-electron chi connectivity index (χ4n) is 3.61. The maximum Gasteiger partial charge on any atom is 0.264 e. The smallest absolute Gasteiger partial charge is 0.264 e. The largest absolute Gasteiger partial charge is 0.476 e. The lowest BCUT2D eigenvalue weighted by atomic mass is 10.1. The van der Waals surface area contributed by atoms with Gasteiger partial charge < -0.3 is 10.1 Å². The minimum atomic E-state index is -3.91. The SMILES string of the molecule is Cc1ccccc1CSCCNC(=O)[C@H]1CN(S(=O)(=O)c2ccc(Cl)cc2)c2ccccc2O1. The van der Waals surface area contributed by atoms with Gasteiger partial charge in [-0.1, -0.05) is 48.0 Å². The number of anilines is 1. The van der Waals surface area contributed by atoms with E-state index >= 15 is 0 Å². The quantitative estimate of drug-likeness (QED) is 0.441. The van der Waals surface area contributed by atoms with Crippen LogP contribution in [0.15, 0.2) is 77.7 Å². The molecular weight excluding hydrogens is 492 g/mol. The molecule has 1 aliphatic rings. The average molecular weight is 517 g/mol. The minimum Gasteiger partial charge on any atom is -0.476 e. The molecule has 0 unspecified atom stereocenters. The molecule has 0 radical (unpaired) electrons. The highest BCUT2D eigenvalue weighted by Gasteiger charge is 2.37. The van der Waals surface area contributed by atoms with E-state index in [4.69, 9.17) is 16.3 Å². The van der Waals surface area contributed by atoms with Crippen molar-refractivity contribution in [1.29, 1.82) is 0 Å². The molecule has 3 aromatic carbocycles. The molecule has 0 aliphatic carbocycles. The number of benzene rings is 3. The summed E-state index contributed by atoms with van der Waals surface area (Å²) in [6.45, 7) is 2.42. The van der Waals surface area contributed by atoms with Gasteiger partial charge in [0.05, 0.1) is 17.1 Å². The molecule has 0 saturated carbocycles. The number of fused-ring (bicyclic) bond motifs is 1. The first-order chi connectivity index (χ1) is 16.4. The van der Waals surface area contributed by atoms with Crippen molar-refractivity contribution in [1.82, 2.24) is 5.32 Å². The zero-order valence-electron chi connectivity index (χ0n) is 18.6. The summed E-state index contributed by atoms with van der Waals surface area (Å²) in [5, 5.41) is 3.32. The van der Waals surface area contributed by atoms with Crippen LogP contribution >= 0.6 is 23.4 Å². The van der Waals surface area contributed by atoms with E-state index < -0.39 is 16.1 Å². The molecule has 0 aromatic heterocycles. The second-order valence-electron chi connectivity index (χ2n) is 7.83. The minimum absolute atomic E-state index is 0.0976. The van der Waals surface area contributed by atoms with Crippen molar-refractivity contribution in [2.45, 2.75) is 23.7 Å². The Kier molecular flexibility index (Phi) is 7.70. The third-order valence-corrected chi connectivity index (χ3v) is 8.55. The summed E-state index contributed by atoms with van der Waals surface area (Å²) in [6, 6.07) is 21.0. The summed E-state index contributed by atoms with van der Waals surface area (Å²) in [5.74, 6) is 1.60. The zero-order valence-corrected chi connectivity index (χ0v) is 21.0. The number of rotatable bonds is 8. The molecule has 1 heterocycles. The second-order valence-corrected chi connectivity index (χ2v) is 11.2. The average Bonchev–Trinajstić information content (AvgIpc) is 2.84. The van der Waals surface area contributed by atoms with Gasteiger partial charge in [0, 0.05) is 23.1 Å². The highest BCUT2D eigenvalue weighted by molar-refractivity contribution is 7.98. The Labute approximate surface area is 209 Å². The molecule has 9 heteroatoms. The van der Waals surface area contributed by atoms with Crippen molar-refractivity contribution in [3.05, 3.63) is 88.9 Å². The van der Waals surface area contributed by atoms with Gasteiger partial charge in [0.1, 0.15) is 5.75 Å². The Morgan fingerprint density at radius 1 is 1.09 bits per heavy atom. The van der Waals surface area contributed by atoms with Crippen LogP contribution in [0.4, 0.5) is 5.69 Å². The van der Waals surface area contributed by atoms with Crippen molar-refractivity contribution >= 4 is 45.0 Å². The van der Waals surface area contributed by atoms with E-state index in [1.165, 1.54) is 39.7 Å². The molecule has 178 valence electrons. The normalized spacial score (nSPS) is 15.4. The predicted molar refractivity (Wildman–Crippen MR) is 137 cm³/mol. The first kappa shape index (κ1) is 24.4. The van der Waals surface area contributed by atoms with Gasteiger partial charge in [-0.2, -0.15) is 11.8 Å². The van der Waals surface area contributed by atoms with E-state index in [2.05, 4.69) is 24.4 Å². The number of thioether (sulfide) groups is 1. The van der Waals surface area contributed by atoms with Gasteiger partial charge in [-0.25, -0.2) is 8.42 Å². The van der Waals surface area contributed by atoms with Gasteiger partial charge in [-0.05, 0) is 54.4 Å². The molecule has 0 fully saturated rings. The Hall–Kier alpha value is -2.68. The van der Waals surface area contributed by atoms with E-state index in [0.717, 1.165) is 11.5 Å². The highest BCUT2D eigenvalue weighted by atomic mass is 35.5. The molecule has 1 atom stereocenters. The van der Waals surface area contributed by atoms with Crippen LogP contribution in [0.25, 0.3) is 0 Å². The summed E-state index contributed by atoms with van der Waals surface area (Å²) >= 11 is 7.65. The molecule has 0 saturated heterocycles. The molecule has 1 amide bonds. The van der Waals surface area contributed by atoms with Crippen LogP contribution < -0.4 is 14.4 Å². The number of carbonyl (C=O) groups is 1. The van der Waals surface area contributed by atoms with Gasteiger partial charge in [-0.3, -0.25) is 9.10 Å². The van der Waals surface area contributed by atoms with E-state index in [0.29, 0.717) is 23.0 Å². The summed E-state index contributed by atoms with van der Waals surface area (Å²) in [6.07, 6.45) is -0.960. The molecule has 4 rings (SSSR count). The van der Waals surface area contributed by atoms with E-state index in [1.807, 2.05) is 12.1 Å². The van der Waals surface area contributed by atoms with Crippen molar-refractivity contribution < 1.29 is 17.9 Å². The molecule has 0 bridgehead atoms. The molecule has 1 N–H and O–H groups in total. The Balaban J connectivity index is 1.41. The van der Waals surface area contributed by atoms with Gasteiger partial charge in [0.25, 0.3) is 15.9 Å². The van der Waals surface area contributed by atoms with Gasteiger partial charge in [-0.15, -0.1) is 0 Å². The lowest BCUT2D eigenvalue weighted by Crippen LogP contribution is -2.51. The first-order valence-electron chi connectivity index (χ1n) is 10.8. The number of nitrogens with one attached hydrogen (secondary N) is 1. The Morgan fingerprint density at radius 2 is 1.79 bits per heavy atom. The summed E-state index contributed by atoms with van der Waals surface area (Å²) < 4.78 is 33.9. The topological polar surface area (TPSA) is 75.7 Å². The number of hydrogen-bond acceptors (Lipinski definition) is 5. The van der Waals surface area contributed by atoms with Crippen LogP contribution in [0.5, 0.6) is 5.75 Å². The summed E-state index contributed by atoms with van der Waals surface area (Å²) in [4.78, 5) is 13.0. The Bertz CT molecular complexity index is 1270. The maximum absolute atomic E-state index is 13.4. The van der Waals surface area contributed by atoms with Crippen LogP contribution in [0.3, 0.4) is 0 Å². The number of hydrogen-bond donors (Lipinski definition) is 1. The number of sulfonamides is 1. The van der Waals surface area contributed by atoms with E-state index in [9.17, 15) is 13.2 Å². The second kappa shape index (κ2) is 10.7. The van der Waals surface area contributed by atoms with Crippen molar-refractivity contribution in [3.8, 4) is 5.75 Å². The van der Waals surface area contributed by atoms with E-state index in [1.54, 1.807) is 36.0 Å². The maximum atomic E-state index is 13.4. The summed E-state index contributed by atoms with van der Waals surface area (Å²) in [5.41, 5.74) is 2.92. The van der Waals surface area contributed by atoms with Gasteiger partial charge >= 0.3 is 0 Å². The first-order valence-corrected chi connectivity index (χ1v) is 13.8. The van der Waals surface area contributed by atoms with Crippen LogP contribution in [0, 0.1) is 6.92 Å². The third kappa shape index (κ3) is 5.51. The Morgan fingerprint density at radius 3 is 2.56 bits per heavy atom. The number of nitrogens with zero attached hydrogens (tertiary/aromatic N) is 1. The van der Waals surface area contributed by atoms with Crippen LogP contribution in [0.1, 0.15) is 11.1 Å². The highest BCUT2D eigenvalue weighted by Crippen LogP contribution is 2.37. The molecule has 6 nitrogen and oxygen atoms in total. The van der Waals surface area contributed by atoms with Crippen molar-refractivity contribution in [2.75, 3.05) is 23.1 Å². The standard InChI is InChI=1S/C25H25ClN2O4S2/c1-18-6-2-3-7-19(18)17-33-15-14-27-25(29)24-16-28(22-8-4-5-9-23(22)32-24)34(30,31)21-12-10-20(26)11-13-21/h2-13,24H,14-17H2,1H3,(H,27,29)/t24-/m1/s1. The molecular formula is C25H25ClN2O4S2. The number of carbonyl (C=O) groups excluding carboxylic acids is 1. The summed E-state index contributed by atoms with van der Waals surface area (Å²) in [7, 11) is -3.91. The number of para-hydroxylation sites is 2. The zero-order chi connectivity index (χ0) is 24.1.